The molecule has 0 bridgehead atoms. The summed E-state index contributed by atoms with van der Waals surface area (Å²) in [5.41, 5.74) is 0. The Labute approximate surface area is 208 Å². The van der Waals surface area contributed by atoms with Crippen LogP contribution < -0.4 is 21.2 Å². The van der Waals surface area contributed by atoms with Crippen LogP contribution in [0.15, 0.2) is 84.9 Å². The van der Waals surface area contributed by atoms with Gasteiger partial charge in [-0.25, -0.2) is 8.42 Å². The Morgan fingerprint density at radius 3 is 1.61 bits per heavy atom. The first-order valence-corrected chi connectivity index (χ1v) is 15.3. The van der Waals surface area contributed by atoms with Crippen LogP contribution in [-0.2, 0) is 10.1 Å². The molecule has 0 atom stereocenters. The number of rotatable bonds is 9. The van der Waals surface area contributed by atoms with Crippen molar-refractivity contribution in [3.05, 3.63) is 92.1 Å². The molecule has 4 aromatic rings. The van der Waals surface area contributed by atoms with Crippen molar-refractivity contribution in [2.75, 3.05) is 5.75 Å². The maximum atomic E-state index is 10.2. The lowest BCUT2D eigenvalue weighted by Crippen LogP contribution is -3.61. The zero-order valence-electron chi connectivity index (χ0n) is 19.0. The number of benzene rings is 4. The van der Waals surface area contributed by atoms with Crippen LogP contribution in [0.25, 0.3) is 21.5 Å². The van der Waals surface area contributed by atoms with Crippen LogP contribution in [0.1, 0.15) is 45.4 Å². The molecular formula is C28H31IO3S. The fourth-order valence-electron chi connectivity index (χ4n) is 3.71. The molecule has 0 heterocycles. The first-order chi connectivity index (χ1) is 16.0. The first-order valence-electron chi connectivity index (χ1n) is 11.5. The molecule has 33 heavy (non-hydrogen) atoms. The second kappa shape index (κ2) is 13.1. The molecule has 5 heteroatoms. The summed E-state index contributed by atoms with van der Waals surface area (Å²) in [5.74, 6) is -0.195. The predicted molar refractivity (Wildman–Crippen MR) is 133 cm³/mol. The monoisotopic (exact) mass is 574 g/mol. The topological polar surface area (TPSA) is 57.2 Å². The van der Waals surface area contributed by atoms with E-state index < -0.39 is 10.1 Å². The van der Waals surface area contributed by atoms with Crippen molar-refractivity contribution in [3.8, 4) is 0 Å². The Morgan fingerprint density at radius 1 is 0.636 bits per heavy atom. The van der Waals surface area contributed by atoms with E-state index in [4.69, 9.17) is 0 Å². The molecular weight excluding hydrogens is 543 g/mol. The molecule has 0 saturated carbocycles. The van der Waals surface area contributed by atoms with Gasteiger partial charge in [-0.15, -0.1) is 0 Å². The minimum atomic E-state index is -3.97. The van der Waals surface area contributed by atoms with Gasteiger partial charge in [-0.1, -0.05) is 99.7 Å². The van der Waals surface area contributed by atoms with E-state index in [1.165, 1.54) is 41.5 Å². The van der Waals surface area contributed by atoms with Gasteiger partial charge in [-0.2, -0.15) is 0 Å². The third kappa shape index (κ3) is 8.40. The lowest BCUT2D eigenvalue weighted by atomic mass is 10.1. The van der Waals surface area contributed by atoms with Crippen LogP contribution >= 0.6 is 0 Å². The largest absolute Gasteiger partial charge is 0.748 e. The van der Waals surface area contributed by atoms with Gasteiger partial charge in [-0.3, -0.25) is 0 Å². The first kappa shape index (κ1) is 25.7. The van der Waals surface area contributed by atoms with E-state index in [2.05, 4.69) is 91.9 Å². The van der Waals surface area contributed by atoms with E-state index in [0.717, 1.165) is 19.3 Å². The van der Waals surface area contributed by atoms with Gasteiger partial charge in [0.2, 0.25) is 7.14 Å². The van der Waals surface area contributed by atoms with Gasteiger partial charge in [0.25, 0.3) is 0 Å². The Bertz CT molecular complexity index is 1180. The van der Waals surface area contributed by atoms with Gasteiger partial charge in [0, 0.05) is 16.5 Å². The Kier molecular flexibility index (Phi) is 10.2. The average Bonchev–Trinajstić information content (AvgIpc) is 2.82. The van der Waals surface area contributed by atoms with Crippen LogP contribution in [-0.4, -0.2) is 18.7 Å². The van der Waals surface area contributed by atoms with Gasteiger partial charge in [0.05, 0.1) is 10.1 Å². The molecule has 174 valence electrons. The molecule has 0 aromatic heterocycles. The van der Waals surface area contributed by atoms with Crippen molar-refractivity contribution in [3.63, 3.8) is 0 Å². The Hall–Kier alpha value is -1.96. The van der Waals surface area contributed by atoms with Crippen LogP contribution in [0.2, 0.25) is 0 Å². The van der Waals surface area contributed by atoms with Gasteiger partial charge in [0.15, 0.2) is 0 Å². The number of unbranched alkanes of at least 4 members (excludes halogenated alkanes) is 5. The highest BCUT2D eigenvalue weighted by Crippen LogP contribution is 2.14. The van der Waals surface area contributed by atoms with E-state index in [1.54, 1.807) is 0 Å². The maximum absolute atomic E-state index is 10.2. The van der Waals surface area contributed by atoms with E-state index in [-0.39, 0.29) is 27.0 Å². The number of hydrogen-bond donors (Lipinski definition) is 0. The zero-order chi connectivity index (χ0) is 23.5. The number of halogens is 1. The van der Waals surface area contributed by atoms with E-state index in [0.29, 0.717) is 6.42 Å². The fourth-order valence-corrected chi connectivity index (χ4v) is 7.23. The van der Waals surface area contributed by atoms with Gasteiger partial charge in [0.1, 0.15) is 0 Å². The van der Waals surface area contributed by atoms with E-state index in [1.807, 2.05) is 0 Å². The number of hydrogen-bond acceptors (Lipinski definition) is 3. The minimum absolute atomic E-state index is 0.176. The molecule has 0 spiro atoms. The summed E-state index contributed by atoms with van der Waals surface area (Å²) in [6, 6.07) is 30.7. The summed E-state index contributed by atoms with van der Waals surface area (Å²) >= 11 is -0.176. The third-order valence-electron chi connectivity index (χ3n) is 5.42. The molecule has 0 amide bonds. The van der Waals surface area contributed by atoms with Crippen molar-refractivity contribution in [1.29, 1.82) is 0 Å². The molecule has 0 radical (unpaired) electrons. The molecule has 0 unspecified atom stereocenters. The average molecular weight is 575 g/mol. The number of fused-ring (bicyclic) bond motifs is 2. The molecule has 0 saturated heterocycles. The van der Waals surface area contributed by atoms with Gasteiger partial charge < -0.3 is 4.55 Å². The normalized spacial score (nSPS) is 11.3. The SMILES string of the molecule is CCCCCCCCS(=O)(=O)[O-].c1ccc2c([I+]c3cccc4ccccc34)cccc2c1. The van der Waals surface area contributed by atoms with Crippen LogP contribution in [0.3, 0.4) is 0 Å². The minimum Gasteiger partial charge on any atom is -0.748 e. The molecule has 4 aromatic carbocycles. The molecule has 3 nitrogen and oxygen atoms in total. The molecule has 0 fully saturated rings. The predicted octanol–water partition coefficient (Wildman–Crippen LogP) is 4.01. The second-order valence-corrected chi connectivity index (χ2v) is 12.4. The zero-order valence-corrected chi connectivity index (χ0v) is 22.0. The Balaban J connectivity index is 0.000000221. The lowest BCUT2D eigenvalue weighted by Gasteiger charge is -2.05. The lowest BCUT2D eigenvalue weighted by molar-refractivity contribution is -0.592. The highest BCUT2D eigenvalue weighted by atomic mass is 127. The standard InChI is InChI=1S/C20H14I.C8H18O3S/c1-3-11-17-15(7-1)9-5-13-19(17)21-20-14-6-10-16-8-2-4-12-18(16)20;1-2-3-4-5-6-7-8-12(9,10)11/h1-14H;2-8H2,1H3,(H,9,10,11)/q+1;/p-1. The quantitative estimate of drug-likeness (QED) is 0.173. The van der Waals surface area contributed by atoms with Crippen molar-refractivity contribution in [1.82, 2.24) is 0 Å². The van der Waals surface area contributed by atoms with Gasteiger partial charge in [-0.05, 0) is 41.5 Å². The summed E-state index contributed by atoms with van der Waals surface area (Å²) in [6.45, 7) is 2.13. The van der Waals surface area contributed by atoms with Crippen LogP contribution in [0.4, 0.5) is 0 Å². The van der Waals surface area contributed by atoms with Gasteiger partial charge >= 0.3 is 21.2 Å². The van der Waals surface area contributed by atoms with E-state index in [9.17, 15) is 13.0 Å². The van der Waals surface area contributed by atoms with Crippen molar-refractivity contribution < 1.29 is 34.2 Å². The maximum Gasteiger partial charge on any atom is 0.359 e. The van der Waals surface area contributed by atoms with Crippen molar-refractivity contribution in [2.24, 2.45) is 0 Å². The summed E-state index contributed by atoms with van der Waals surface area (Å²) in [6.07, 6.45) is 5.96. The summed E-state index contributed by atoms with van der Waals surface area (Å²) < 4.78 is 33.5. The summed E-state index contributed by atoms with van der Waals surface area (Å²) in [4.78, 5) is 0. The molecule has 4 rings (SSSR count). The smallest absolute Gasteiger partial charge is 0.359 e. The molecule has 0 aliphatic rings. The second-order valence-electron chi connectivity index (χ2n) is 8.05. The Morgan fingerprint density at radius 2 is 1.09 bits per heavy atom. The molecule has 0 N–H and O–H groups in total. The summed E-state index contributed by atoms with van der Waals surface area (Å²) in [7, 11) is -3.97. The van der Waals surface area contributed by atoms with E-state index >= 15 is 0 Å². The van der Waals surface area contributed by atoms with Crippen LogP contribution in [0, 0.1) is 7.14 Å². The fraction of sp³-hybridized carbons (Fsp3) is 0.286. The summed E-state index contributed by atoms with van der Waals surface area (Å²) in [5, 5.41) is 5.49. The van der Waals surface area contributed by atoms with Crippen molar-refractivity contribution in [2.45, 2.75) is 45.4 Å². The van der Waals surface area contributed by atoms with Crippen molar-refractivity contribution >= 4 is 31.7 Å². The third-order valence-corrected chi connectivity index (χ3v) is 9.26. The highest BCUT2D eigenvalue weighted by Gasteiger charge is 2.20. The van der Waals surface area contributed by atoms with Crippen LogP contribution in [0.5, 0.6) is 0 Å². The molecule has 0 aliphatic heterocycles. The highest BCUT2D eigenvalue weighted by molar-refractivity contribution is 7.85. The molecule has 0 aliphatic carbocycles.